The van der Waals surface area contributed by atoms with E-state index in [2.05, 4.69) is 4.98 Å². The monoisotopic (exact) mass is 265 g/mol. The van der Waals surface area contributed by atoms with Gasteiger partial charge in [0.15, 0.2) is 5.78 Å². The van der Waals surface area contributed by atoms with Crippen molar-refractivity contribution < 1.29 is 9.59 Å². The van der Waals surface area contributed by atoms with E-state index in [9.17, 15) is 9.59 Å². The lowest BCUT2D eigenvalue weighted by atomic mass is 9.89. The first-order valence-electron chi connectivity index (χ1n) is 5.82. The minimum atomic E-state index is -0.102. The Morgan fingerprint density at radius 2 is 1.79 bits per heavy atom. The molecule has 0 atom stereocenters. The standard InChI is InChI=1S/C15H7NO2S/c17-13-10-7-16-6-5-8(10)14(18)15-12(13)9-3-1-2-4-11(9)19-15/h1-7H. The van der Waals surface area contributed by atoms with E-state index in [1.54, 1.807) is 12.3 Å². The van der Waals surface area contributed by atoms with Gasteiger partial charge >= 0.3 is 0 Å². The number of aromatic nitrogens is 1. The van der Waals surface area contributed by atoms with E-state index in [4.69, 9.17) is 0 Å². The number of carbonyl (C=O) groups excluding carboxylic acids is 2. The summed E-state index contributed by atoms with van der Waals surface area (Å²) in [6.45, 7) is 0. The zero-order chi connectivity index (χ0) is 13.0. The van der Waals surface area contributed by atoms with Crippen molar-refractivity contribution in [3.05, 3.63) is 64.3 Å². The highest BCUT2D eigenvalue weighted by atomic mass is 32.1. The van der Waals surface area contributed by atoms with Crippen LogP contribution in [0, 0.1) is 0 Å². The Bertz CT molecular complexity index is 863. The molecule has 4 rings (SSSR count). The highest BCUT2D eigenvalue weighted by molar-refractivity contribution is 7.21. The molecular weight excluding hydrogens is 258 g/mol. The SMILES string of the molecule is O=C1c2ccncc2C(=O)c2c1sc1ccccc21. The minimum Gasteiger partial charge on any atom is -0.288 e. The highest BCUT2D eigenvalue weighted by Crippen LogP contribution is 2.38. The van der Waals surface area contributed by atoms with E-state index in [0.717, 1.165) is 10.1 Å². The Balaban J connectivity index is 2.14. The Kier molecular flexibility index (Phi) is 2.00. The van der Waals surface area contributed by atoms with Crippen LogP contribution >= 0.6 is 11.3 Å². The molecule has 0 radical (unpaired) electrons. The Hall–Kier alpha value is -2.33. The second kappa shape index (κ2) is 3.59. The van der Waals surface area contributed by atoms with Crippen LogP contribution in [0.2, 0.25) is 0 Å². The van der Waals surface area contributed by atoms with E-state index in [1.165, 1.54) is 17.5 Å². The predicted octanol–water partition coefficient (Wildman–Crippen LogP) is 3.07. The molecule has 0 fully saturated rings. The number of pyridine rings is 1. The van der Waals surface area contributed by atoms with Crippen molar-refractivity contribution in [2.45, 2.75) is 0 Å². The second-order valence-electron chi connectivity index (χ2n) is 4.38. The summed E-state index contributed by atoms with van der Waals surface area (Å²) >= 11 is 1.38. The molecule has 0 saturated carbocycles. The first kappa shape index (κ1) is 10.6. The van der Waals surface area contributed by atoms with Gasteiger partial charge in [0, 0.05) is 28.0 Å². The van der Waals surface area contributed by atoms with E-state index >= 15 is 0 Å². The normalized spacial score (nSPS) is 13.5. The number of rotatable bonds is 0. The Labute approximate surface area is 112 Å². The van der Waals surface area contributed by atoms with E-state index in [1.807, 2.05) is 24.3 Å². The third kappa shape index (κ3) is 1.29. The van der Waals surface area contributed by atoms with Crippen LogP contribution in [-0.4, -0.2) is 16.6 Å². The largest absolute Gasteiger partial charge is 0.288 e. The third-order valence-corrected chi connectivity index (χ3v) is 4.51. The Morgan fingerprint density at radius 3 is 2.68 bits per heavy atom. The summed E-state index contributed by atoms with van der Waals surface area (Å²) in [5.74, 6) is -0.177. The molecule has 0 spiro atoms. The fourth-order valence-electron chi connectivity index (χ4n) is 2.46. The summed E-state index contributed by atoms with van der Waals surface area (Å²) in [6, 6.07) is 9.22. The van der Waals surface area contributed by atoms with Crippen molar-refractivity contribution >= 4 is 33.0 Å². The molecule has 19 heavy (non-hydrogen) atoms. The second-order valence-corrected chi connectivity index (χ2v) is 5.43. The average Bonchev–Trinajstić information content (AvgIpc) is 2.84. The molecule has 0 amide bonds. The fourth-order valence-corrected chi connectivity index (χ4v) is 3.62. The summed E-state index contributed by atoms with van der Waals surface area (Å²) in [5.41, 5.74) is 1.40. The van der Waals surface area contributed by atoms with Gasteiger partial charge in [-0.05, 0) is 12.1 Å². The molecule has 90 valence electrons. The van der Waals surface area contributed by atoms with Gasteiger partial charge in [0.1, 0.15) is 0 Å². The average molecular weight is 265 g/mol. The third-order valence-electron chi connectivity index (χ3n) is 3.34. The van der Waals surface area contributed by atoms with Crippen LogP contribution in [0.5, 0.6) is 0 Å². The summed E-state index contributed by atoms with van der Waals surface area (Å²) in [4.78, 5) is 29.5. The van der Waals surface area contributed by atoms with Gasteiger partial charge in [-0.15, -0.1) is 11.3 Å². The predicted molar refractivity (Wildman–Crippen MR) is 72.9 cm³/mol. The van der Waals surface area contributed by atoms with Crippen molar-refractivity contribution in [2.24, 2.45) is 0 Å². The maximum atomic E-state index is 12.5. The molecule has 0 unspecified atom stereocenters. The zero-order valence-corrected chi connectivity index (χ0v) is 10.5. The maximum absolute atomic E-state index is 12.5. The van der Waals surface area contributed by atoms with Crippen LogP contribution in [-0.2, 0) is 0 Å². The van der Waals surface area contributed by atoms with Gasteiger partial charge in [0.2, 0.25) is 5.78 Å². The molecule has 3 nitrogen and oxygen atoms in total. The molecule has 0 bridgehead atoms. The van der Waals surface area contributed by atoms with Crippen LogP contribution in [0.1, 0.15) is 31.2 Å². The van der Waals surface area contributed by atoms with Crippen molar-refractivity contribution in [2.75, 3.05) is 0 Å². The van der Waals surface area contributed by atoms with Crippen molar-refractivity contribution in [3.63, 3.8) is 0 Å². The number of hydrogen-bond donors (Lipinski definition) is 0. The van der Waals surface area contributed by atoms with E-state index < -0.39 is 0 Å². The van der Waals surface area contributed by atoms with Gasteiger partial charge in [-0.2, -0.15) is 0 Å². The molecule has 2 heterocycles. The van der Waals surface area contributed by atoms with Crippen LogP contribution < -0.4 is 0 Å². The first-order valence-corrected chi connectivity index (χ1v) is 6.64. The first-order chi connectivity index (χ1) is 9.27. The van der Waals surface area contributed by atoms with Crippen molar-refractivity contribution in [3.8, 4) is 0 Å². The lowest BCUT2D eigenvalue weighted by Gasteiger charge is -2.13. The number of fused-ring (bicyclic) bond motifs is 4. The number of nitrogens with zero attached hydrogens (tertiary/aromatic N) is 1. The quantitative estimate of drug-likeness (QED) is 0.491. The molecule has 0 aliphatic heterocycles. The van der Waals surface area contributed by atoms with Gasteiger partial charge < -0.3 is 0 Å². The molecule has 4 heteroatoms. The Morgan fingerprint density at radius 1 is 0.947 bits per heavy atom. The van der Waals surface area contributed by atoms with Gasteiger partial charge in [-0.25, -0.2) is 0 Å². The summed E-state index contributed by atoms with van der Waals surface area (Å²) in [7, 11) is 0. The molecule has 2 aromatic heterocycles. The minimum absolute atomic E-state index is 0.0757. The number of benzene rings is 1. The van der Waals surface area contributed by atoms with Crippen LogP contribution in [0.3, 0.4) is 0 Å². The molecule has 1 aromatic carbocycles. The van der Waals surface area contributed by atoms with Gasteiger partial charge in [-0.3, -0.25) is 14.6 Å². The number of thiophene rings is 1. The molecule has 3 aromatic rings. The topological polar surface area (TPSA) is 47.0 Å². The lowest BCUT2D eigenvalue weighted by molar-refractivity contribution is 0.0983. The molecule has 0 N–H and O–H groups in total. The van der Waals surface area contributed by atoms with Crippen LogP contribution in [0.25, 0.3) is 10.1 Å². The maximum Gasteiger partial charge on any atom is 0.204 e. The van der Waals surface area contributed by atoms with Crippen LogP contribution in [0.15, 0.2) is 42.7 Å². The van der Waals surface area contributed by atoms with E-state index in [0.29, 0.717) is 21.6 Å². The summed E-state index contributed by atoms with van der Waals surface area (Å²) in [5, 5.41) is 0.857. The van der Waals surface area contributed by atoms with Gasteiger partial charge in [-0.1, -0.05) is 18.2 Å². The zero-order valence-electron chi connectivity index (χ0n) is 9.71. The molecule has 1 aliphatic rings. The molecule has 0 saturated heterocycles. The summed E-state index contributed by atoms with van der Waals surface area (Å²) < 4.78 is 0.968. The summed E-state index contributed by atoms with van der Waals surface area (Å²) in [6.07, 6.45) is 3.02. The highest BCUT2D eigenvalue weighted by Gasteiger charge is 2.33. The van der Waals surface area contributed by atoms with Crippen molar-refractivity contribution in [1.82, 2.24) is 4.98 Å². The van der Waals surface area contributed by atoms with Gasteiger partial charge in [0.25, 0.3) is 0 Å². The number of ketones is 2. The smallest absolute Gasteiger partial charge is 0.204 e. The molecule has 1 aliphatic carbocycles. The lowest BCUT2D eigenvalue weighted by Crippen LogP contribution is -2.19. The van der Waals surface area contributed by atoms with Crippen molar-refractivity contribution in [1.29, 1.82) is 0 Å². The number of hydrogen-bond acceptors (Lipinski definition) is 4. The molecular formula is C15H7NO2S. The van der Waals surface area contributed by atoms with Crippen LogP contribution in [0.4, 0.5) is 0 Å². The van der Waals surface area contributed by atoms with E-state index in [-0.39, 0.29) is 11.6 Å². The van der Waals surface area contributed by atoms with Gasteiger partial charge in [0.05, 0.1) is 16.0 Å². The number of carbonyl (C=O) groups is 2. The fraction of sp³-hybridized carbons (Fsp3) is 0.